The number of nitrogens with zero attached hydrogens (tertiary/aromatic N) is 3. The Balaban J connectivity index is 1.45. The third kappa shape index (κ3) is 7.75. The molecule has 3 amide bonds. The van der Waals surface area contributed by atoms with Crippen LogP contribution in [0.3, 0.4) is 0 Å². The van der Waals surface area contributed by atoms with Gasteiger partial charge in [-0.15, -0.1) is 0 Å². The number of carbonyl (C=O) groups excluding carboxylic acids is 3. The maximum absolute atomic E-state index is 13.3. The number of benzene rings is 1. The van der Waals surface area contributed by atoms with E-state index in [0.717, 1.165) is 5.56 Å². The summed E-state index contributed by atoms with van der Waals surface area (Å²) >= 11 is 1.25. The maximum Gasteiger partial charge on any atom is 0.412 e. The SMILES string of the molecule is CC(C)(C)OC(=O)Nc1ccc(-c2ccco2)cc1NC(=O)c1cnc(N2CCN(C(=O)OC(C)(C)C)CC2)s1. The Labute approximate surface area is 237 Å². The van der Waals surface area contributed by atoms with E-state index in [9.17, 15) is 14.4 Å². The van der Waals surface area contributed by atoms with E-state index in [1.54, 1.807) is 62.3 Å². The second-order valence-corrected chi connectivity index (χ2v) is 12.3. The number of furan rings is 1. The van der Waals surface area contributed by atoms with Crippen molar-refractivity contribution in [2.24, 2.45) is 0 Å². The maximum atomic E-state index is 13.3. The predicted molar refractivity (Wildman–Crippen MR) is 154 cm³/mol. The summed E-state index contributed by atoms with van der Waals surface area (Å²) in [4.78, 5) is 46.6. The lowest BCUT2D eigenvalue weighted by Gasteiger charge is -2.35. The van der Waals surface area contributed by atoms with Gasteiger partial charge >= 0.3 is 12.2 Å². The summed E-state index contributed by atoms with van der Waals surface area (Å²) in [6.07, 6.45) is 2.11. The normalized spacial score (nSPS) is 14.1. The van der Waals surface area contributed by atoms with Crippen LogP contribution in [0.4, 0.5) is 26.1 Å². The molecule has 40 heavy (non-hydrogen) atoms. The number of carbonyl (C=O) groups is 3. The quantitative estimate of drug-likeness (QED) is 0.380. The highest BCUT2D eigenvalue weighted by molar-refractivity contribution is 7.17. The lowest BCUT2D eigenvalue weighted by Crippen LogP contribution is -2.50. The van der Waals surface area contributed by atoms with Gasteiger partial charge in [0.05, 0.1) is 23.8 Å². The van der Waals surface area contributed by atoms with Crippen LogP contribution in [0, 0.1) is 0 Å². The molecule has 0 spiro atoms. The minimum atomic E-state index is -0.682. The van der Waals surface area contributed by atoms with Crippen molar-refractivity contribution in [1.29, 1.82) is 0 Å². The molecule has 4 rings (SSSR count). The van der Waals surface area contributed by atoms with Crippen LogP contribution in [0.25, 0.3) is 11.3 Å². The smallest absolute Gasteiger partial charge is 0.412 e. The van der Waals surface area contributed by atoms with E-state index < -0.39 is 17.3 Å². The third-order valence-corrected chi connectivity index (χ3v) is 6.69. The van der Waals surface area contributed by atoms with E-state index in [1.807, 2.05) is 25.7 Å². The Bertz CT molecular complexity index is 1350. The van der Waals surface area contributed by atoms with Crippen LogP contribution < -0.4 is 15.5 Å². The summed E-state index contributed by atoms with van der Waals surface area (Å²) < 4.78 is 16.3. The zero-order valence-corrected chi connectivity index (χ0v) is 24.4. The molecule has 1 fully saturated rings. The number of nitrogens with one attached hydrogen (secondary N) is 2. The molecule has 3 aromatic rings. The summed E-state index contributed by atoms with van der Waals surface area (Å²) in [5.74, 6) is 0.241. The summed E-state index contributed by atoms with van der Waals surface area (Å²) in [5.41, 5.74) is 0.249. The van der Waals surface area contributed by atoms with E-state index in [2.05, 4.69) is 15.6 Å². The van der Waals surface area contributed by atoms with Gasteiger partial charge in [-0.2, -0.15) is 0 Å². The molecular formula is C28H35N5O6S. The molecule has 214 valence electrons. The van der Waals surface area contributed by atoms with Gasteiger partial charge in [-0.1, -0.05) is 11.3 Å². The monoisotopic (exact) mass is 569 g/mol. The van der Waals surface area contributed by atoms with Gasteiger partial charge in [-0.05, 0) is 71.9 Å². The van der Waals surface area contributed by atoms with Crippen molar-refractivity contribution in [3.05, 3.63) is 47.7 Å². The van der Waals surface area contributed by atoms with Crippen LogP contribution in [0.2, 0.25) is 0 Å². The van der Waals surface area contributed by atoms with Gasteiger partial charge in [-0.3, -0.25) is 10.1 Å². The molecule has 0 aliphatic carbocycles. The molecule has 2 N–H and O–H groups in total. The van der Waals surface area contributed by atoms with Gasteiger partial charge in [-0.25, -0.2) is 14.6 Å². The number of amides is 3. The van der Waals surface area contributed by atoms with Gasteiger partial charge < -0.3 is 29.0 Å². The molecule has 0 bridgehead atoms. The number of rotatable bonds is 5. The molecule has 0 saturated carbocycles. The Kier molecular flexibility index (Phi) is 8.38. The third-order valence-electron chi connectivity index (χ3n) is 5.63. The second kappa shape index (κ2) is 11.6. The summed E-state index contributed by atoms with van der Waals surface area (Å²) in [7, 11) is 0. The van der Waals surface area contributed by atoms with Gasteiger partial charge in [0.15, 0.2) is 5.13 Å². The number of hydrogen-bond acceptors (Lipinski definition) is 9. The van der Waals surface area contributed by atoms with Crippen LogP contribution >= 0.6 is 11.3 Å². The fourth-order valence-corrected chi connectivity index (χ4v) is 4.74. The van der Waals surface area contributed by atoms with Crippen molar-refractivity contribution in [3.63, 3.8) is 0 Å². The largest absolute Gasteiger partial charge is 0.464 e. The lowest BCUT2D eigenvalue weighted by molar-refractivity contribution is 0.0240. The lowest BCUT2D eigenvalue weighted by atomic mass is 10.1. The number of piperazine rings is 1. The minimum Gasteiger partial charge on any atom is -0.464 e. The average molecular weight is 570 g/mol. The summed E-state index contributed by atoms with van der Waals surface area (Å²) in [6, 6.07) is 8.76. The van der Waals surface area contributed by atoms with Crippen molar-refractivity contribution in [1.82, 2.24) is 9.88 Å². The number of hydrogen-bond donors (Lipinski definition) is 2. The molecule has 12 heteroatoms. The van der Waals surface area contributed by atoms with Crippen LogP contribution in [-0.2, 0) is 9.47 Å². The first-order valence-corrected chi connectivity index (χ1v) is 13.8. The van der Waals surface area contributed by atoms with Gasteiger partial charge in [0.2, 0.25) is 0 Å². The average Bonchev–Trinajstić information content (AvgIpc) is 3.56. The number of ether oxygens (including phenoxy) is 2. The molecule has 2 aromatic heterocycles. The van der Waals surface area contributed by atoms with Crippen molar-refractivity contribution in [2.75, 3.05) is 41.7 Å². The number of anilines is 3. The van der Waals surface area contributed by atoms with Crippen molar-refractivity contribution < 1.29 is 28.3 Å². The molecule has 1 aliphatic heterocycles. The zero-order chi connectivity index (χ0) is 29.1. The molecule has 11 nitrogen and oxygen atoms in total. The zero-order valence-electron chi connectivity index (χ0n) is 23.6. The van der Waals surface area contributed by atoms with Crippen molar-refractivity contribution in [2.45, 2.75) is 52.7 Å². The Morgan fingerprint density at radius 1 is 0.925 bits per heavy atom. The highest BCUT2D eigenvalue weighted by Gasteiger charge is 2.27. The Hall–Kier alpha value is -4.06. The molecule has 0 radical (unpaired) electrons. The number of aromatic nitrogens is 1. The minimum absolute atomic E-state index is 0.334. The Morgan fingerprint density at radius 3 is 2.25 bits per heavy atom. The molecular weight excluding hydrogens is 534 g/mol. The van der Waals surface area contributed by atoms with E-state index >= 15 is 0 Å². The van der Waals surface area contributed by atoms with E-state index in [1.165, 1.54) is 17.5 Å². The molecule has 0 unspecified atom stereocenters. The fourth-order valence-electron chi connectivity index (χ4n) is 3.87. The second-order valence-electron chi connectivity index (χ2n) is 11.3. The topological polar surface area (TPSA) is 126 Å². The molecule has 1 saturated heterocycles. The highest BCUT2D eigenvalue weighted by atomic mass is 32.1. The highest BCUT2D eigenvalue weighted by Crippen LogP contribution is 2.31. The molecule has 0 atom stereocenters. The van der Waals surface area contributed by atoms with E-state index in [4.69, 9.17) is 13.9 Å². The van der Waals surface area contributed by atoms with Gasteiger partial charge in [0, 0.05) is 31.7 Å². The summed E-state index contributed by atoms with van der Waals surface area (Å²) in [6.45, 7) is 13.0. The number of thiazole rings is 1. The fraction of sp³-hybridized carbons (Fsp3) is 0.429. The first kappa shape index (κ1) is 28.9. The Morgan fingerprint density at radius 2 is 1.62 bits per heavy atom. The molecule has 1 aliphatic rings. The first-order valence-electron chi connectivity index (χ1n) is 13.0. The predicted octanol–water partition coefficient (Wildman–Crippen LogP) is 6.06. The van der Waals surface area contributed by atoms with Crippen molar-refractivity contribution in [3.8, 4) is 11.3 Å². The van der Waals surface area contributed by atoms with Crippen LogP contribution in [-0.4, -0.2) is 65.4 Å². The van der Waals surface area contributed by atoms with Crippen LogP contribution in [0.5, 0.6) is 0 Å². The molecule has 3 heterocycles. The van der Waals surface area contributed by atoms with Crippen LogP contribution in [0.15, 0.2) is 47.2 Å². The summed E-state index contributed by atoms with van der Waals surface area (Å²) in [5, 5.41) is 6.29. The van der Waals surface area contributed by atoms with Gasteiger partial charge in [0.1, 0.15) is 21.8 Å². The standard InChI is InChI=1S/C28H35N5O6S/c1-27(2,3)38-25(35)31-19-10-9-18(21-8-7-15-37-21)16-20(19)30-23(34)22-17-29-24(40-22)32-11-13-33(14-12-32)26(36)39-28(4,5)6/h7-10,15-17H,11-14H2,1-6H3,(H,30,34)(H,31,35). The first-order chi connectivity index (χ1) is 18.8. The van der Waals surface area contributed by atoms with E-state index in [0.29, 0.717) is 53.3 Å². The van der Waals surface area contributed by atoms with Crippen LogP contribution in [0.1, 0.15) is 51.2 Å². The van der Waals surface area contributed by atoms with E-state index in [-0.39, 0.29) is 12.0 Å². The van der Waals surface area contributed by atoms with Gasteiger partial charge in [0.25, 0.3) is 5.91 Å². The molecule has 1 aromatic carbocycles. The van der Waals surface area contributed by atoms with Crippen molar-refractivity contribution >= 4 is 45.9 Å².